The molecular weight excluding hydrogens is 337 g/mol. The van der Waals surface area contributed by atoms with E-state index < -0.39 is 0 Å². The third-order valence-electron chi connectivity index (χ3n) is 4.56. The zero-order valence-electron chi connectivity index (χ0n) is 14.5. The number of ether oxygens (including phenoxy) is 1. The molecule has 7 heteroatoms. The lowest BCUT2D eigenvalue weighted by Gasteiger charge is -2.20. The SMILES string of the molecule is CCN(CC)CCOC1CCN(C(=O)CNCC2CC2)C1.Cl.Cl. The fourth-order valence-electron chi connectivity index (χ4n) is 2.80. The molecule has 0 bridgehead atoms. The summed E-state index contributed by atoms with van der Waals surface area (Å²) in [6.07, 6.45) is 3.86. The fourth-order valence-corrected chi connectivity index (χ4v) is 2.80. The topological polar surface area (TPSA) is 44.8 Å². The van der Waals surface area contributed by atoms with Crippen LogP contribution in [-0.4, -0.2) is 74.2 Å². The van der Waals surface area contributed by atoms with Crippen LogP contribution in [0.15, 0.2) is 0 Å². The minimum atomic E-state index is 0. The second kappa shape index (κ2) is 12.3. The standard InChI is InChI=1S/C16H31N3O2.2ClH/c1-3-18(4-2)9-10-21-15-7-8-19(13-15)16(20)12-17-11-14-5-6-14;;/h14-15,17H,3-13H2,1-2H3;2*1H. The molecule has 1 saturated carbocycles. The predicted molar refractivity (Wildman–Crippen MR) is 98.8 cm³/mol. The largest absolute Gasteiger partial charge is 0.375 e. The van der Waals surface area contributed by atoms with Crippen molar-refractivity contribution in [3.05, 3.63) is 0 Å². The van der Waals surface area contributed by atoms with Crippen molar-refractivity contribution in [2.75, 3.05) is 52.4 Å². The molecule has 1 heterocycles. The number of carbonyl (C=O) groups excluding carboxylic acids is 1. The van der Waals surface area contributed by atoms with Crippen molar-refractivity contribution in [1.82, 2.24) is 15.1 Å². The second-order valence-corrected chi connectivity index (χ2v) is 6.22. The Labute approximate surface area is 153 Å². The lowest BCUT2D eigenvalue weighted by molar-refractivity contribution is -0.129. The molecule has 5 nitrogen and oxygen atoms in total. The summed E-state index contributed by atoms with van der Waals surface area (Å²) in [5.74, 6) is 1.05. The number of carbonyl (C=O) groups is 1. The van der Waals surface area contributed by atoms with Crippen molar-refractivity contribution in [3.8, 4) is 0 Å². The van der Waals surface area contributed by atoms with Crippen LogP contribution in [0.5, 0.6) is 0 Å². The highest BCUT2D eigenvalue weighted by Gasteiger charge is 2.27. The van der Waals surface area contributed by atoms with Crippen molar-refractivity contribution in [1.29, 1.82) is 0 Å². The van der Waals surface area contributed by atoms with E-state index in [9.17, 15) is 4.79 Å². The smallest absolute Gasteiger partial charge is 0.236 e. The van der Waals surface area contributed by atoms with Gasteiger partial charge in [0.25, 0.3) is 0 Å². The van der Waals surface area contributed by atoms with Crippen molar-refractivity contribution in [3.63, 3.8) is 0 Å². The third kappa shape index (κ3) is 8.54. The maximum atomic E-state index is 12.1. The number of amides is 1. The highest BCUT2D eigenvalue weighted by molar-refractivity contribution is 5.85. The Morgan fingerprint density at radius 2 is 1.91 bits per heavy atom. The monoisotopic (exact) mass is 369 g/mol. The van der Waals surface area contributed by atoms with Gasteiger partial charge in [-0.3, -0.25) is 4.79 Å². The first-order valence-corrected chi connectivity index (χ1v) is 8.55. The summed E-state index contributed by atoms with van der Waals surface area (Å²) in [7, 11) is 0. The van der Waals surface area contributed by atoms with Crippen LogP contribution in [0.2, 0.25) is 0 Å². The van der Waals surface area contributed by atoms with Gasteiger partial charge in [-0.15, -0.1) is 24.8 Å². The van der Waals surface area contributed by atoms with E-state index in [0.717, 1.165) is 58.2 Å². The molecule has 0 spiro atoms. The average Bonchev–Trinajstić information content (AvgIpc) is 3.19. The van der Waals surface area contributed by atoms with E-state index in [-0.39, 0.29) is 36.8 Å². The Morgan fingerprint density at radius 3 is 2.52 bits per heavy atom. The highest BCUT2D eigenvalue weighted by Crippen LogP contribution is 2.27. The quantitative estimate of drug-likeness (QED) is 0.637. The maximum Gasteiger partial charge on any atom is 0.236 e. The summed E-state index contributed by atoms with van der Waals surface area (Å²) in [4.78, 5) is 16.4. The van der Waals surface area contributed by atoms with Crippen LogP contribution in [-0.2, 0) is 9.53 Å². The Hall–Kier alpha value is -0.0700. The molecule has 23 heavy (non-hydrogen) atoms. The minimum Gasteiger partial charge on any atom is -0.375 e. The lowest BCUT2D eigenvalue weighted by Crippen LogP contribution is -2.38. The Balaban J connectivity index is 0.00000242. The van der Waals surface area contributed by atoms with Gasteiger partial charge < -0.3 is 19.9 Å². The normalized spacial score (nSPS) is 20.3. The van der Waals surface area contributed by atoms with Crippen LogP contribution < -0.4 is 5.32 Å². The first-order chi connectivity index (χ1) is 10.2. The van der Waals surface area contributed by atoms with Crippen molar-refractivity contribution in [2.24, 2.45) is 5.92 Å². The van der Waals surface area contributed by atoms with Gasteiger partial charge in [-0.05, 0) is 44.8 Å². The number of hydrogen-bond donors (Lipinski definition) is 1. The van der Waals surface area contributed by atoms with Gasteiger partial charge in [0.05, 0.1) is 19.3 Å². The summed E-state index contributed by atoms with van der Waals surface area (Å²) in [5.41, 5.74) is 0. The Morgan fingerprint density at radius 1 is 1.22 bits per heavy atom. The number of likely N-dealkylation sites (tertiary alicyclic amines) is 1. The van der Waals surface area contributed by atoms with Gasteiger partial charge >= 0.3 is 0 Å². The molecule has 1 saturated heterocycles. The van der Waals surface area contributed by atoms with E-state index in [1.165, 1.54) is 12.8 Å². The van der Waals surface area contributed by atoms with Gasteiger partial charge in [-0.25, -0.2) is 0 Å². The van der Waals surface area contributed by atoms with E-state index in [2.05, 4.69) is 24.1 Å². The number of hydrogen-bond acceptors (Lipinski definition) is 4. The van der Waals surface area contributed by atoms with E-state index in [4.69, 9.17) is 4.74 Å². The van der Waals surface area contributed by atoms with Crippen LogP contribution in [0.25, 0.3) is 0 Å². The molecule has 2 fully saturated rings. The zero-order valence-corrected chi connectivity index (χ0v) is 16.1. The van der Waals surface area contributed by atoms with Gasteiger partial charge in [0.15, 0.2) is 0 Å². The summed E-state index contributed by atoms with van der Waals surface area (Å²) < 4.78 is 5.91. The summed E-state index contributed by atoms with van der Waals surface area (Å²) in [5, 5.41) is 3.27. The van der Waals surface area contributed by atoms with Gasteiger partial charge in [0.2, 0.25) is 5.91 Å². The zero-order chi connectivity index (χ0) is 15.1. The highest BCUT2D eigenvalue weighted by atomic mass is 35.5. The molecule has 0 aromatic carbocycles. The lowest BCUT2D eigenvalue weighted by atomic mass is 10.3. The molecule has 1 unspecified atom stereocenters. The fraction of sp³-hybridized carbons (Fsp3) is 0.938. The molecule has 1 aliphatic heterocycles. The first kappa shape index (κ1) is 22.9. The molecule has 1 atom stereocenters. The number of likely N-dealkylation sites (N-methyl/N-ethyl adjacent to an activating group) is 1. The minimum absolute atomic E-state index is 0. The van der Waals surface area contributed by atoms with Crippen LogP contribution >= 0.6 is 24.8 Å². The summed E-state index contributed by atoms with van der Waals surface area (Å²) in [6.45, 7) is 11.4. The van der Waals surface area contributed by atoms with Crippen molar-refractivity contribution in [2.45, 2.75) is 39.2 Å². The van der Waals surface area contributed by atoms with Crippen molar-refractivity contribution >= 4 is 30.7 Å². The number of nitrogens with zero attached hydrogens (tertiary/aromatic N) is 2. The van der Waals surface area contributed by atoms with Gasteiger partial charge in [0, 0.05) is 19.6 Å². The molecule has 138 valence electrons. The number of nitrogens with one attached hydrogen (secondary N) is 1. The molecule has 0 aromatic rings. The average molecular weight is 370 g/mol. The number of halogens is 2. The Bertz CT molecular complexity index is 326. The van der Waals surface area contributed by atoms with Crippen LogP contribution in [0.3, 0.4) is 0 Å². The molecule has 1 amide bonds. The molecule has 1 N–H and O–H groups in total. The maximum absolute atomic E-state index is 12.1. The van der Waals surface area contributed by atoms with Gasteiger partial charge in [-0.1, -0.05) is 13.8 Å². The van der Waals surface area contributed by atoms with E-state index in [1.54, 1.807) is 0 Å². The summed E-state index contributed by atoms with van der Waals surface area (Å²) >= 11 is 0. The second-order valence-electron chi connectivity index (χ2n) is 6.22. The van der Waals surface area contributed by atoms with E-state index in [1.807, 2.05) is 4.90 Å². The van der Waals surface area contributed by atoms with E-state index >= 15 is 0 Å². The summed E-state index contributed by atoms with van der Waals surface area (Å²) in [6, 6.07) is 0. The molecular formula is C16H33Cl2N3O2. The third-order valence-corrected chi connectivity index (χ3v) is 4.56. The predicted octanol–water partition coefficient (Wildman–Crippen LogP) is 1.79. The van der Waals surface area contributed by atoms with E-state index in [0.29, 0.717) is 6.54 Å². The van der Waals surface area contributed by atoms with Gasteiger partial charge in [0.1, 0.15) is 0 Å². The van der Waals surface area contributed by atoms with Crippen LogP contribution in [0.4, 0.5) is 0 Å². The van der Waals surface area contributed by atoms with Gasteiger partial charge in [-0.2, -0.15) is 0 Å². The molecule has 1 aliphatic carbocycles. The molecule has 0 aromatic heterocycles. The van der Waals surface area contributed by atoms with Crippen LogP contribution in [0, 0.1) is 5.92 Å². The first-order valence-electron chi connectivity index (χ1n) is 8.55. The molecule has 0 radical (unpaired) electrons. The number of rotatable bonds is 10. The molecule has 2 rings (SSSR count). The molecule has 2 aliphatic rings. The Kier molecular flexibility index (Phi) is 12.3. The van der Waals surface area contributed by atoms with Crippen molar-refractivity contribution < 1.29 is 9.53 Å². The van der Waals surface area contributed by atoms with Crippen LogP contribution in [0.1, 0.15) is 33.1 Å².